The monoisotopic (exact) mass is 541 g/mol. The molecule has 2 aliphatic heterocycles. The van der Waals surface area contributed by atoms with E-state index in [0.29, 0.717) is 37.4 Å². The Morgan fingerprint density at radius 2 is 1.54 bits per heavy atom. The molecule has 2 amide bonds. The van der Waals surface area contributed by atoms with E-state index < -0.39 is 11.5 Å². The van der Waals surface area contributed by atoms with Gasteiger partial charge in [-0.1, -0.05) is 78.6 Å². The van der Waals surface area contributed by atoms with Crippen molar-refractivity contribution < 1.29 is 14.3 Å². The number of likely N-dealkylation sites (tertiary alicyclic amines) is 1. The second kappa shape index (κ2) is 15.2. The number of hydrogen-bond donors (Lipinski definition) is 2. The zero-order valence-electron chi connectivity index (χ0n) is 25.6. The van der Waals surface area contributed by atoms with Gasteiger partial charge in [-0.3, -0.25) is 14.5 Å². The van der Waals surface area contributed by atoms with Gasteiger partial charge in [0, 0.05) is 13.2 Å². The molecule has 1 aromatic carbocycles. The molecule has 0 aromatic heterocycles. The average Bonchev–Trinajstić information content (AvgIpc) is 2.87. The molecule has 0 saturated carbocycles. The number of hydrogen-bond acceptors (Lipinski definition) is 4. The lowest BCUT2D eigenvalue weighted by atomic mass is 9.73. The maximum Gasteiger partial charge on any atom is 0.242 e. The van der Waals surface area contributed by atoms with E-state index in [9.17, 15) is 9.59 Å². The van der Waals surface area contributed by atoms with Crippen LogP contribution in [-0.2, 0) is 20.9 Å². The summed E-state index contributed by atoms with van der Waals surface area (Å²) >= 11 is 0. The minimum atomic E-state index is -0.510. The zero-order chi connectivity index (χ0) is 28.4. The lowest BCUT2D eigenvalue weighted by Crippen LogP contribution is -2.56. The first-order chi connectivity index (χ1) is 18.6. The summed E-state index contributed by atoms with van der Waals surface area (Å²) < 4.78 is 6.00. The van der Waals surface area contributed by atoms with Gasteiger partial charge in [0.1, 0.15) is 6.04 Å². The molecule has 6 heteroatoms. The molecule has 2 heterocycles. The fourth-order valence-corrected chi connectivity index (χ4v) is 6.12. The van der Waals surface area contributed by atoms with Gasteiger partial charge >= 0.3 is 0 Å². The minimum absolute atomic E-state index is 0.0289. The molecule has 1 aromatic rings. The molecule has 2 atom stereocenters. The molecule has 6 nitrogen and oxygen atoms in total. The first-order valence-corrected chi connectivity index (χ1v) is 15.6. The van der Waals surface area contributed by atoms with Gasteiger partial charge in [-0.2, -0.15) is 0 Å². The van der Waals surface area contributed by atoms with Crippen LogP contribution in [0.3, 0.4) is 0 Å². The molecule has 2 saturated heterocycles. The van der Waals surface area contributed by atoms with E-state index >= 15 is 0 Å². The fraction of sp³-hybridized carbons (Fsp3) is 0.758. The third kappa shape index (κ3) is 9.89. The smallest absolute Gasteiger partial charge is 0.242 e. The lowest BCUT2D eigenvalue weighted by molar-refractivity contribution is -0.139. The Morgan fingerprint density at radius 3 is 2.15 bits per heavy atom. The summed E-state index contributed by atoms with van der Waals surface area (Å²) in [5.74, 6) is 1.31. The third-order valence-electron chi connectivity index (χ3n) is 8.54. The molecule has 0 bridgehead atoms. The number of carbonyl (C=O) groups excluding carboxylic acids is 2. The first-order valence-electron chi connectivity index (χ1n) is 15.6. The summed E-state index contributed by atoms with van der Waals surface area (Å²) in [6.45, 7) is 17.0. The maximum absolute atomic E-state index is 14.0. The van der Waals surface area contributed by atoms with E-state index in [1.54, 1.807) is 0 Å². The normalized spacial score (nSPS) is 24.1. The number of benzene rings is 1. The highest BCUT2D eigenvalue weighted by molar-refractivity contribution is 5.90. The second-order valence-electron chi connectivity index (χ2n) is 13.3. The Kier molecular flexibility index (Phi) is 12.3. The molecule has 3 rings (SSSR count). The largest absolute Gasteiger partial charge is 0.379 e. The molecule has 220 valence electrons. The van der Waals surface area contributed by atoms with Crippen molar-refractivity contribution in [2.75, 3.05) is 26.3 Å². The van der Waals surface area contributed by atoms with E-state index in [0.717, 1.165) is 64.6 Å². The molecule has 1 spiro atoms. The molecule has 2 N–H and O–H groups in total. The third-order valence-corrected chi connectivity index (χ3v) is 8.54. The van der Waals surface area contributed by atoms with Gasteiger partial charge in [-0.15, -0.1) is 0 Å². The molecule has 39 heavy (non-hydrogen) atoms. The minimum Gasteiger partial charge on any atom is -0.379 e. The molecule has 2 fully saturated rings. The number of piperidine rings is 1. The molecule has 0 unspecified atom stereocenters. The molecular formula is C33H55N3O3. The van der Waals surface area contributed by atoms with Crippen LogP contribution in [0.5, 0.6) is 0 Å². The summed E-state index contributed by atoms with van der Waals surface area (Å²) in [6, 6.07) is 8.44. The number of nitrogens with zero attached hydrogens (tertiary/aromatic N) is 1. The highest BCUT2D eigenvalue weighted by Crippen LogP contribution is 2.38. The Morgan fingerprint density at radius 1 is 0.872 bits per heavy atom. The Labute approximate surface area is 238 Å². The highest BCUT2D eigenvalue weighted by Gasteiger charge is 2.42. The quantitative estimate of drug-likeness (QED) is 0.441. The lowest BCUT2D eigenvalue weighted by Gasteiger charge is -2.42. The van der Waals surface area contributed by atoms with Crippen molar-refractivity contribution in [3.8, 4) is 0 Å². The van der Waals surface area contributed by atoms with Crippen LogP contribution in [0.25, 0.3) is 0 Å². The van der Waals surface area contributed by atoms with Gasteiger partial charge in [0.05, 0.1) is 18.1 Å². The highest BCUT2D eigenvalue weighted by atomic mass is 16.5. The fourth-order valence-electron chi connectivity index (χ4n) is 6.12. The van der Waals surface area contributed by atoms with Crippen LogP contribution in [0.15, 0.2) is 24.3 Å². The standard InChI is InChI=1S/C33H55N3O3/c1-24(2)20-29-23-39-19-9-7-8-14-33(32(38)35-30(21-25(3)4)31(37)34-29)15-17-36(18-16-33)22-27-10-12-28(13-11-27)26(5)6/h10-13,24-26,29-30H,7-9,14-23H2,1-6H3,(H,34,37)(H,35,38)/t29-,30-/m0/s1. The van der Waals surface area contributed by atoms with Crippen LogP contribution in [0.2, 0.25) is 0 Å². The van der Waals surface area contributed by atoms with Crippen molar-refractivity contribution in [3.05, 3.63) is 35.4 Å². The van der Waals surface area contributed by atoms with Crippen LogP contribution in [0.4, 0.5) is 0 Å². The zero-order valence-corrected chi connectivity index (χ0v) is 25.6. The Balaban J connectivity index is 1.71. The second-order valence-corrected chi connectivity index (χ2v) is 13.3. The Hall–Kier alpha value is -1.92. The maximum atomic E-state index is 14.0. The number of amides is 2. The van der Waals surface area contributed by atoms with Gasteiger partial charge in [0.15, 0.2) is 0 Å². The van der Waals surface area contributed by atoms with Crippen molar-refractivity contribution in [1.82, 2.24) is 15.5 Å². The van der Waals surface area contributed by atoms with Crippen molar-refractivity contribution in [2.45, 2.75) is 117 Å². The van der Waals surface area contributed by atoms with E-state index in [2.05, 4.69) is 81.3 Å². The number of ether oxygens (including phenoxy) is 1. The van der Waals surface area contributed by atoms with Gasteiger partial charge in [0.2, 0.25) is 11.8 Å². The van der Waals surface area contributed by atoms with Crippen LogP contribution in [0.1, 0.15) is 110 Å². The van der Waals surface area contributed by atoms with E-state index in [1.807, 2.05) is 0 Å². The predicted molar refractivity (Wildman–Crippen MR) is 160 cm³/mol. The summed E-state index contributed by atoms with van der Waals surface area (Å²) in [5.41, 5.74) is 2.29. The molecule has 2 aliphatic rings. The van der Waals surface area contributed by atoms with Gasteiger partial charge in [0.25, 0.3) is 0 Å². The molecular weight excluding hydrogens is 486 g/mol. The summed E-state index contributed by atoms with van der Waals surface area (Å²) in [6.07, 6.45) is 7.14. The average molecular weight is 542 g/mol. The van der Waals surface area contributed by atoms with Crippen molar-refractivity contribution in [1.29, 1.82) is 0 Å². The van der Waals surface area contributed by atoms with Crippen molar-refractivity contribution in [2.24, 2.45) is 17.3 Å². The van der Waals surface area contributed by atoms with E-state index in [-0.39, 0.29) is 17.9 Å². The van der Waals surface area contributed by atoms with Crippen molar-refractivity contribution in [3.63, 3.8) is 0 Å². The SMILES string of the molecule is CC(C)C[C@H]1COCCCCCC2(CCN(Cc3ccc(C(C)C)cc3)CC2)C(=O)N[C@@H](CC(C)C)C(=O)N1. The Bertz CT molecular complexity index is 888. The van der Waals surface area contributed by atoms with Crippen LogP contribution < -0.4 is 10.6 Å². The van der Waals surface area contributed by atoms with Gasteiger partial charge < -0.3 is 15.4 Å². The number of carbonyl (C=O) groups is 2. The van der Waals surface area contributed by atoms with Crippen LogP contribution in [-0.4, -0.2) is 55.1 Å². The van der Waals surface area contributed by atoms with Gasteiger partial charge in [-0.25, -0.2) is 0 Å². The van der Waals surface area contributed by atoms with E-state index in [4.69, 9.17) is 4.74 Å². The van der Waals surface area contributed by atoms with Gasteiger partial charge in [-0.05, 0) is 80.5 Å². The molecule has 0 aliphatic carbocycles. The summed E-state index contributed by atoms with van der Waals surface area (Å²) in [7, 11) is 0. The number of nitrogens with one attached hydrogen (secondary N) is 2. The van der Waals surface area contributed by atoms with Crippen LogP contribution >= 0.6 is 0 Å². The summed E-state index contributed by atoms with van der Waals surface area (Å²) in [4.78, 5) is 29.9. The number of rotatable bonds is 7. The summed E-state index contributed by atoms with van der Waals surface area (Å²) in [5, 5.41) is 6.49. The first kappa shape index (κ1) is 31.6. The van der Waals surface area contributed by atoms with Crippen molar-refractivity contribution >= 4 is 11.8 Å². The topological polar surface area (TPSA) is 70.7 Å². The predicted octanol–water partition coefficient (Wildman–Crippen LogP) is 6.04. The molecule has 0 radical (unpaired) electrons. The van der Waals surface area contributed by atoms with E-state index in [1.165, 1.54) is 11.1 Å². The van der Waals surface area contributed by atoms with Crippen LogP contribution in [0, 0.1) is 17.3 Å².